The van der Waals surface area contributed by atoms with Crippen molar-refractivity contribution in [1.29, 1.82) is 0 Å². The van der Waals surface area contributed by atoms with Gasteiger partial charge in [0, 0.05) is 5.69 Å². The molecule has 0 saturated carbocycles. The molecule has 0 atom stereocenters. The first-order valence-electron chi connectivity index (χ1n) is 6.70. The summed E-state index contributed by atoms with van der Waals surface area (Å²) in [5.74, 6) is 0.864. The van der Waals surface area contributed by atoms with Crippen molar-refractivity contribution in [2.75, 3.05) is 5.73 Å². The summed E-state index contributed by atoms with van der Waals surface area (Å²) in [6.45, 7) is 4.32. The molecule has 2 N–H and O–H groups in total. The van der Waals surface area contributed by atoms with E-state index in [9.17, 15) is 0 Å². The Morgan fingerprint density at radius 3 is 2.52 bits per heavy atom. The molecule has 1 aromatic heterocycles. The van der Waals surface area contributed by atoms with Crippen LogP contribution in [-0.4, -0.2) is 9.55 Å². The van der Waals surface area contributed by atoms with Crippen LogP contribution in [0.25, 0.3) is 16.7 Å². The minimum atomic E-state index is 0.421. The molecule has 0 unspecified atom stereocenters. The number of imidazole rings is 1. The van der Waals surface area contributed by atoms with Crippen LogP contribution in [0.15, 0.2) is 36.4 Å². The molecule has 3 nitrogen and oxygen atoms in total. The highest BCUT2D eigenvalue weighted by molar-refractivity contribution is 6.42. The molecule has 0 amide bonds. The summed E-state index contributed by atoms with van der Waals surface area (Å²) in [4.78, 5) is 4.36. The number of nitrogens with two attached hydrogens (primary N) is 1. The quantitative estimate of drug-likeness (QED) is 0.719. The van der Waals surface area contributed by atoms with Crippen LogP contribution in [0.2, 0.25) is 10.0 Å². The Balaban J connectivity index is 2.27. The van der Waals surface area contributed by atoms with E-state index >= 15 is 0 Å². The molecule has 1 heterocycles. The zero-order chi connectivity index (χ0) is 15.1. The average molecular weight is 320 g/mol. The van der Waals surface area contributed by atoms with Crippen LogP contribution in [0.3, 0.4) is 0 Å². The van der Waals surface area contributed by atoms with Gasteiger partial charge in [0.15, 0.2) is 0 Å². The summed E-state index contributed by atoms with van der Waals surface area (Å²) in [7, 11) is 0. The summed E-state index contributed by atoms with van der Waals surface area (Å²) in [6.07, 6.45) is 0. The summed E-state index contributed by atoms with van der Waals surface area (Å²) < 4.78 is 1.89. The number of benzene rings is 2. The monoisotopic (exact) mass is 319 g/mol. The Morgan fingerprint density at radius 1 is 1.10 bits per heavy atom. The van der Waals surface area contributed by atoms with E-state index < -0.39 is 0 Å². The molecule has 0 bridgehead atoms. The maximum atomic E-state index is 6.12. The van der Waals surface area contributed by atoms with Crippen molar-refractivity contribution in [2.45, 2.75) is 19.8 Å². The Morgan fingerprint density at radius 2 is 1.81 bits per heavy atom. The first-order chi connectivity index (χ1) is 9.97. The molecule has 0 saturated heterocycles. The van der Waals surface area contributed by atoms with Crippen molar-refractivity contribution in [3.8, 4) is 5.69 Å². The van der Waals surface area contributed by atoms with Gasteiger partial charge >= 0.3 is 0 Å². The standard InChI is InChI=1S/C16H15Cl2N3/c1-9(2)10-4-3-5-11(6-10)21-15-8-13(18)12(17)7-14(15)20-16(21)19/h3-9H,1-2H3,(H2,19,20). The van der Waals surface area contributed by atoms with Crippen LogP contribution in [-0.2, 0) is 0 Å². The molecule has 0 spiro atoms. The molecule has 3 rings (SSSR count). The van der Waals surface area contributed by atoms with Crippen molar-refractivity contribution in [2.24, 2.45) is 0 Å². The molecular weight excluding hydrogens is 305 g/mol. The van der Waals surface area contributed by atoms with Gasteiger partial charge in [-0.15, -0.1) is 0 Å². The zero-order valence-electron chi connectivity index (χ0n) is 11.8. The van der Waals surface area contributed by atoms with Crippen molar-refractivity contribution in [3.63, 3.8) is 0 Å². The molecule has 0 aliphatic heterocycles. The molecule has 0 fully saturated rings. The highest BCUT2D eigenvalue weighted by atomic mass is 35.5. The lowest BCUT2D eigenvalue weighted by atomic mass is 10.0. The van der Waals surface area contributed by atoms with E-state index in [2.05, 4.69) is 31.0 Å². The third-order valence-electron chi connectivity index (χ3n) is 3.52. The van der Waals surface area contributed by atoms with Gasteiger partial charge in [-0.1, -0.05) is 49.2 Å². The molecule has 0 aliphatic rings. The van der Waals surface area contributed by atoms with E-state index in [1.807, 2.05) is 16.7 Å². The summed E-state index contributed by atoms with van der Waals surface area (Å²) >= 11 is 12.2. The fourth-order valence-corrected chi connectivity index (χ4v) is 2.70. The van der Waals surface area contributed by atoms with Crippen LogP contribution in [0.1, 0.15) is 25.3 Å². The van der Waals surface area contributed by atoms with Crippen LogP contribution in [0.4, 0.5) is 5.95 Å². The number of rotatable bonds is 2. The van der Waals surface area contributed by atoms with Gasteiger partial charge in [-0.25, -0.2) is 4.98 Å². The minimum Gasteiger partial charge on any atom is -0.369 e. The van der Waals surface area contributed by atoms with Crippen molar-refractivity contribution < 1.29 is 0 Å². The SMILES string of the molecule is CC(C)c1cccc(-n2c(N)nc3cc(Cl)c(Cl)cc32)c1. The third kappa shape index (κ3) is 2.47. The number of nitrogens with zero attached hydrogens (tertiary/aromatic N) is 2. The maximum absolute atomic E-state index is 6.12. The van der Waals surface area contributed by atoms with E-state index in [-0.39, 0.29) is 0 Å². The molecule has 3 aromatic rings. The number of aromatic nitrogens is 2. The van der Waals surface area contributed by atoms with Gasteiger partial charge in [0.2, 0.25) is 5.95 Å². The van der Waals surface area contributed by atoms with Gasteiger partial charge in [-0.05, 0) is 35.7 Å². The second kappa shape index (κ2) is 5.24. The van der Waals surface area contributed by atoms with E-state index in [0.717, 1.165) is 16.7 Å². The lowest BCUT2D eigenvalue weighted by Gasteiger charge is -2.11. The number of hydrogen-bond donors (Lipinski definition) is 1. The van der Waals surface area contributed by atoms with Crippen molar-refractivity contribution in [3.05, 3.63) is 52.0 Å². The fourth-order valence-electron chi connectivity index (χ4n) is 2.39. The Hall–Kier alpha value is -1.71. The highest BCUT2D eigenvalue weighted by Gasteiger charge is 2.13. The summed E-state index contributed by atoms with van der Waals surface area (Å²) in [6, 6.07) is 11.8. The first-order valence-corrected chi connectivity index (χ1v) is 7.46. The molecule has 0 aliphatic carbocycles. The first kappa shape index (κ1) is 14.2. The Bertz CT molecular complexity index is 822. The van der Waals surface area contributed by atoms with Gasteiger partial charge in [0.25, 0.3) is 0 Å². The second-order valence-corrected chi connectivity index (χ2v) is 6.12. The molecule has 5 heteroatoms. The van der Waals surface area contributed by atoms with E-state index in [4.69, 9.17) is 28.9 Å². The minimum absolute atomic E-state index is 0.421. The fraction of sp³-hybridized carbons (Fsp3) is 0.188. The molecule has 21 heavy (non-hydrogen) atoms. The predicted molar refractivity (Wildman–Crippen MR) is 89.6 cm³/mol. The number of anilines is 1. The van der Waals surface area contributed by atoms with Crippen LogP contribution in [0.5, 0.6) is 0 Å². The maximum Gasteiger partial charge on any atom is 0.205 e. The van der Waals surface area contributed by atoms with Crippen molar-refractivity contribution >= 4 is 40.2 Å². The number of fused-ring (bicyclic) bond motifs is 1. The van der Waals surface area contributed by atoms with Gasteiger partial charge in [-0.2, -0.15) is 0 Å². The highest BCUT2D eigenvalue weighted by Crippen LogP contribution is 2.31. The largest absolute Gasteiger partial charge is 0.369 e. The van der Waals surface area contributed by atoms with E-state index in [1.165, 1.54) is 5.56 Å². The van der Waals surface area contributed by atoms with Gasteiger partial charge < -0.3 is 5.73 Å². The smallest absolute Gasteiger partial charge is 0.205 e. The zero-order valence-corrected chi connectivity index (χ0v) is 13.3. The normalized spacial score (nSPS) is 11.5. The molecular formula is C16H15Cl2N3. The summed E-state index contributed by atoms with van der Waals surface area (Å²) in [5.41, 5.74) is 9.88. The van der Waals surface area contributed by atoms with Gasteiger partial charge in [-0.3, -0.25) is 4.57 Å². The summed E-state index contributed by atoms with van der Waals surface area (Å²) in [5, 5.41) is 0.968. The van der Waals surface area contributed by atoms with Crippen LogP contribution < -0.4 is 5.73 Å². The molecule has 2 aromatic carbocycles. The van der Waals surface area contributed by atoms with Crippen molar-refractivity contribution in [1.82, 2.24) is 9.55 Å². The number of halogens is 2. The average Bonchev–Trinajstić information content (AvgIpc) is 2.74. The number of nitrogen functional groups attached to an aromatic ring is 1. The number of hydrogen-bond acceptors (Lipinski definition) is 2. The molecule has 108 valence electrons. The Kier molecular flexibility index (Phi) is 3.56. The van der Waals surface area contributed by atoms with Gasteiger partial charge in [0.1, 0.15) is 0 Å². The van der Waals surface area contributed by atoms with E-state index in [0.29, 0.717) is 21.9 Å². The topological polar surface area (TPSA) is 43.8 Å². The third-order valence-corrected chi connectivity index (χ3v) is 4.24. The Labute approximate surface area is 133 Å². The lowest BCUT2D eigenvalue weighted by Crippen LogP contribution is -2.01. The van der Waals surface area contributed by atoms with Crippen LogP contribution >= 0.6 is 23.2 Å². The molecule has 0 radical (unpaired) electrons. The second-order valence-electron chi connectivity index (χ2n) is 5.31. The van der Waals surface area contributed by atoms with Gasteiger partial charge in [0.05, 0.1) is 21.1 Å². The predicted octanol–water partition coefficient (Wildman–Crippen LogP) is 5.04. The van der Waals surface area contributed by atoms with E-state index in [1.54, 1.807) is 12.1 Å². The van der Waals surface area contributed by atoms with Crippen LogP contribution in [0, 0.1) is 0 Å². The lowest BCUT2D eigenvalue weighted by molar-refractivity contribution is 0.864.